The number of hydrogen-bond acceptors (Lipinski definition) is 0. The Labute approximate surface area is 204 Å². The molecule has 0 bridgehead atoms. The lowest BCUT2D eigenvalue weighted by Gasteiger charge is -2.60. The molecule has 0 spiro atoms. The maximum atomic E-state index is 2.51. The van der Waals surface area contributed by atoms with Crippen LogP contribution in [0.25, 0.3) is 11.1 Å². The minimum absolute atomic E-state index is 1.26. The van der Waals surface area contributed by atoms with E-state index < -0.39 is 9.16 Å². The first-order valence-corrected chi connectivity index (χ1v) is 14.6. The molecule has 1 heteroatoms. The molecule has 0 saturated carbocycles. The van der Waals surface area contributed by atoms with E-state index in [0.717, 1.165) is 0 Å². The van der Waals surface area contributed by atoms with Crippen molar-refractivity contribution in [3.8, 4) is 11.1 Å². The summed E-state index contributed by atoms with van der Waals surface area (Å²) in [6.07, 6.45) is 2.51. The van der Waals surface area contributed by atoms with Gasteiger partial charge in [-0.05, 0) is 61.9 Å². The quantitative estimate of drug-likeness (QED) is 0.248. The van der Waals surface area contributed by atoms with Gasteiger partial charge in [0.2, 0.25) is 0 Å². The molecule has 0 saturated heterocycles. The molecule has 5 aromatic rings. The molecular formula is C33H32S. The van der Waals surface area contributed by atoms with Crippen LogP contribution in [-0.4, -0.2) is 6.26 Å². The fourth-order valence-corrected chi connectivity index (χ4v) is 10.7. The van der Waals surface area contributed by atoms with E-state index >= 15 is 0 Å². The molecule has 0 radical (unpaired) electrons. The van der Waals surface area contributed by atoms with Crippen molar-refractivity contribution in [2.45, 2.75) is 33.4 Å². The molecule has 5 aromatic carbocycles. The zero-order valence-electron chi connectivity index (χ0n) is 20.1. The van der Waals surface area contributed by atoms with Gasteiger partial charge in [0, 0.05) is 0 Å². The van der Waals surface area contributed by atoms with Gasteiger partial charge in [0.25, 0.3) is 0 Å². The van der Waals surface area contributed by atoms with Gasteiger partial charge in [0.1, 0.15) is 0 Å². The summed E-state index contributed by atoms with van der Waals surface area (Å²) in [5.41, 5.74) is 5.18. The Bertz CT molecular complexity index is 1300. The first kappa shape index (κ1) is 22.3. The van der Waals surface area contributed by atoms with Crippen molar-refractivity contribution in [1.82, 2.24) is 0 Å². The molecule has 0 fully saturated rings. The van der Waals surface area contributed by atoms with Crippen molar-refractivity contribution in [1.29, 1.82) is 0 Å². The summed E-state index contributed by atoms with van der Waals surface area (Å²) in [6, 6.07) is 49.4. The molecular weight excluding hydrogens is 428 g/mol. The third kappa shape index (κ3) is 3.40. The summed E-state index contributed by atoms with van der Waals surface area (Å²) in [4.78, 5) is 5.52. The number of rotatable bonds is 5. The van der Waals surface area contributed by atoms with Crippen LogP contribution in [0.15, 0.2) is 153 Å². The Morgan fingerprint density at radius 3 is 1.18 bits per heavy atom. The Morgan fingerprint density at radius 2 is 0.765 bits per heavy atom. The van der Waals surface area contributed by atoms with Crippen LogP contribution in [-0.2, 0) is 0 Å². The predicted octanol–water partition coefficient (Wildman–Crippen LogP) is 9.21. The fourth-order valence-electron chi connectivity index (χ4n) is 5.24. The highest BCUT2D eigenvalue weighted by Gasteiger charge is 2.43. The fraction of sp³-hybridized carbons (Fsp3) is 0.0909. The summed E-state index contributed by atoms with van der Waals surface area (Å²) in [6.45, 7) is 4.36. The Kier molecular flexibility index (Phi) is 5.67. The topological polar surface area (TPSA) is 0 Å². The first-order valence-electron chi connectivity index (χ1n) is 11.9. The van der Waals surface area contributed by atoms with Gasteiger partial charge < -0.3 is 0 Å². The molecule has 0 aromatic heterocycles. The molecule has 0 heterocycles. The van der Waals surface area contributed by atoms with Crippen LogP contribution < -0.4 is 0 Å². The van der Waals surface area contributed by atoms with Crippen LogP contribution in [0.4, 0.5) is 0 Å². The highest BCUT2D eigenvalue weighted by molar-refractivity contribution is 8.49. The molecule has 0 amide bonds. The van der Waals surface area contributed by atoms with E-state index in [4.69, 9.17) is 0 Å². The van der Waals surface area contributed by atoms with Crippen molar-refractivity contribution < 1.29 is 0 Å². The molecule has 0 aliphatic carbocycles. The van der Waals surface area contributed by atoms with E-state index in [2.05, 4.69) is 154 Å². The first-order chi connectivity index (χ1) is 16.5. The van der Waals surface area contributed by atoms with Crippen LogP contribution >= 0.6 is 9.16 Å². The van der Waals surface area contributed by atoms with Crippen molar-refractivity contribution in [3.05, 3.63) is 145 Å². The second-order valence-electron chi connectivity index (χ2n) is 9.42. The predicted molar refractivity (Wildman–Crippen MR) is 149 cm³/mol. The average Bonchev–Trinajstić information content (AvgIpc) is 2.91. The van der Waals surface area contributed by atoms with Gasteiger partial charge >= 0.3 is 0 Å². The largest absolute Gasteiger partial charge is 0.202 e. The summed E-state index contributed by atoms with van der Waals surface area (Å²) in [5.74, 6) is 0. The monoisotopic (exact) mass is 460 g/mol. The van der Waals surface area contributed by atoms with Gasteiger partial charge in [-0.1, -0.05) is 133 Å². The molecule has 0 atom stereocenters. The van der Waals surface area contributed by atoms with E-state index in [1.807, 2.05) is 0 Å². The average molecular weight is 461 g/mol. The number of aryl methyl sites for hydroxylation is 2. The van der Waals surface area contributed by atoms with Crippen LogP contribution in [0, 0.1) is 13.8 Å². The maximum Gasteiger partial charge on any atom is -0.0141 e. The van der Waals surface area contributed by atoms with Crippen molar-refractivity contribution in [2.75, 3.05) is 6.26 Å². The van der Waals surface area contributed by atoms with Gasteiger partial charge in [0.15, 0.2) is 0 Å². The molecule has 0 nitrogen and oxygen atoms in total. The minimum Gasteiger partial charge on any atom is -0.202 e. The summed E-state index contributed by atoms with van der Waals surface area (Å²) in [7, 11) is -2.97. The van der Waals surface area contributed by atoms with Crippen LogP contribution in [0.3, 0.4) is 0 Å². The Morgan fingerprint density at radius 1 is 0.382 bits per heavy atom. The zero-order valence-corrected chi connectivity index (χ0v) is 21.0. The van der Waals surface area contributed by atoms with Crippen LogP contribution in [0.2, 0.25) is 0 Å². The molecule has 0 N–H and O–H groups in total. The highest BCUT2D eigenvalue weighted by atomic mass is 32.3. The minimum atomic E-state index is -2.97. The lowest BCUT2D eigenvalue weighted by atomic mass is 10.0. The summed E-state index contributed by atoms with van der Waals surface area (Å²) >= 11 is 0. The van der Waals surface area contributed by atoms with E-state index in [-0.39, 0.29) is 0 Å². The van der Waals surface area contributed by atoms with Crippen molar-refractivity contribution >= 4 is 9.16 Å². The Balaban J connectivity index is 1.81. The molecule has 34 heavy (non-hydrogen) atoms. The van der Waals surface area contributed by atoms with Gasteiger partial charge in [-0.3, -0.25) is 0 Å². The van der Waals surface area contributed by atoms with Crippen LogP contribution in [0.5, 0.6) is 0 Å². The van der Waals surface area contributed by atoms with E-state index in [1.165, 1.54) is 41.8 Å². The maximum absolute atomic E-state index is 2.97. The molecule has 0 unspecified atom stereocenters. The third-order valence-electron chi connectivity index (χ3n) is 7.56. The van der Waals surface area contributed by atoms with Gasteiger partial charge in [-0.15, -0.1) is 0 Å². The van der Waals surface area contributed by atoms with Crippen LogP contribution in [0.1, 0.15) is 11.1 Å². The molecule has 0 aliphatic rings. The standard InChI is InChI=1S/C33H32S/c1-26-19-20-29(25-27(26)2)28-21-23-33(24-22-28)34(3,30-13-7-4-8-14-30,31-15-9-5-10-16-31)32-17-11-6-12-18-32/h4-25,34H,1-3H3. The normalized spacial score (nSPS) is 12.6. The molecule has 170 valence electrons. The summed E-state index contributed by atoms with van der Waals surface area (Å²) in [5, 5.41) is 0. The van der Waals surface area contributed by atoms with E-state index in [1.54, 1.807) is 0 Å². The number of benzene rings is 5. The zero-order chi connectivity index (χ0) is 23.6. The van der Waals surface area contributed by atoms with Gasteiger partial charge in [0.05, 0.1) is 0 Å². The summed E-state index contributed by atoms with van der Waals surface area (Å²) < 4.78 is 0. The van der Waals surface area contributed by atoms with E-state index in [9.17, 15) is 0 Å². The second kappa shape index (κ2) is 8.66. The lowest BCUT2D eigenvalue weighted by Crippen LogP contribution is -2.19. The number of thiol groups is 1. The smallest absolute Gasteiger partial charge is 0.0141 e. The van der Waals surface area contributed by atoms with E-state index in [0.29, 0.717) is 0 Å². The number of hydrogen-bond donors (Lipinski definition) is 1. The SMILES string of the molecule is Cc1ccc(-c2ccc([SH](C)(c3ccccc3)(c3ccccc3)c3ccccc3)cc2)cc1C. The second-order valence-corrected chi connectivity index (χ2v) is 14.6. The van der Waals surface area contributed by atoms with Gasteiger partial charge in [-0.25, -0.2) is 9.16 Å². The molecule has 5 rings (SSSR count). The molecule has 0 aliphatic heterocycles. The van der Waals surface area contributed by atoms with Crippen molar-refractivity contribution in [3.63, 3.8) is 0 Å². The Hall–Kier alpha value is -3.55. The van der Waals surface area contributed by atoms with Crippen molar-refractivity contribution in [2.24, 2.45) is 0 Å². The van der Waals surface area contributed by atoms with Gasteiger partial charge in [-0.2, -0.15) is 0 Å². The highest BCUT2D eigenvalue weighted by Crippen LogP contribution is 2.87. The lowest BCUT2D eigenvalue weighted by molar-refractivity contribution is 1.20. The third-order valence-corrected chi connectivity index (χ3v) is 13.9.